The van der Waals surface area contributed by atoms with Crippen molar-refractivity contribution in [2.75, 3.05) is 25.1 Å². The Morgan fingerprint density at radius 3 is 2.67 bits per heavy atom. The van der Waals surface area contributed by atoms with Gasteiger partial charge in [0.2, 0.25) is 0 Å². The van der Waals surface area contributed by atoms with Crippen LogP contribution in [0.25, 0.3) is 11.3 Å². The van der Waals surface area contributed by atoms with E-state index < -0.39 is 0 Å². The number of hydrogen-bond acceptors (Lipinski definition) is 7. The number of methoxy groups -OCH3 is 1. The van der Waals surface area contributed by atoms with Gasteiger partial charge in [0, 0.05) is 43.6 Å². The fourth-order valence-electron chi connectivity index (χ4n) is 3.63. The number of anilines is 1. The molecule has 4 heterocycles. The molecule has 0 aliphatic carbocycles. The molecule has 0 atom stereocenters. The Labute approximate surface area is 179 Å². The standard InChI is InChI=1S/C21H24ClN5O3/c1-14-17(20(25-30-14)15-4-5-18(22)23-11-15)13-27-19(28)10-16(12-24-27)26-8-6-21(2,29-3)7-9-26/h4-5,10-12H,6-9,13H2,1-3H3. The Morgan fingerprint density at radius 2 is 2.03 bits per heavy atom. The van der Waals surface area contributed by atoms with Crippen molar-refractivity contribution in [3.05, 3.63) is 57.4 Å². The summed E-state index contributed by atoms with van der Waals surface area (Å²) < 4.78 is 12.4. The number of halogens is 1. The second kappa shape index (κ2) is 8.20. The molecule has 30 heavy (non-hydrogen) atoms. The summed E-state index contributed by atoms with van der Waals surface area (Å²) in [5.41, 5.74) is 2.74. The van der Waals surface area contributed by atoms with E-state index in [0.717, 1.165) is 42.7 Å². The van der Waals surface area contributed by atoms with Gasteiger partial charge in [-0.05, 0) is 38.8 Å². The molecule has 1 aliphatic rings. The average molecular weight is 430 g/mol. The molecule has 8 nitrogen and oxygen atoms in total. The van der Waals surface area contributed by atoms with E-state index >= 15 is 0 Å². The highest BCUT2D eigenvalue weighted by atomic mass is 35.5. The zero-order valence-electron chi connectivity index (χ0n) is 17.3. The first kappa shape index (κ1) is 20.6. The smallest absolute Gasteiger partial charge is 0.269 e. The lowest BCUT2D eigenvalue weighted by molar-refractivity contribution is -0.0132. The molecule has 9 heteroatoms. The first-order valence-electron chi connectivity index (χ1n) is 9.83. The molecule has 0 bridgehead atoms. The van der Waals surface area contributed by atoms with Gasteiger partial charge in [-0.1, -0.05) is 16.8 Å². The predicted octanol–water partition coefficient (Wildman–Crippen LogP) is 3.31. The zero-order chi connectivity index (χ0) is 21.3. The van der Waals surface area contributed by atoms with Gasteiger partial charge >= 0.3 is 0 Å². The molecule has 1 fully saturated rings. The van der Waals surface area contributed by atoms with Crippen LogP contribution < -0.4 is 10.5 Å². The second-order valence-electron chi connectivity index (χ2n) is 7.79. The second-order valence-corrected chi connectivity index (χ2v) is 8.17. The first-order valence-corrected chi connectivity index (χ1v) is 10.2. The number of aromatic nitrogens is 4. The molecule has 0 N–H and O–H groups in total. The molecule has 0 amide bonds. The van der Waals surface area contributed by atoms with Crippen LogP contribution in [0.15, 0.2) is 39.9 Å². The molecule has 0 unspecified atom stereocenters. The fraction of sp³-hybridized carbons (Fsp3) is 0.429. The van der Waals surface area contributed by atoms with Crippen molar-refractivity contribution in [1.29, 1.82) is 0 Å². The minimum absolute atomic E-state index is 0.0996. The topological polar surface area (TPSA) is 86.3 Å². The molecule has 1 aliphatic heterocycles. The lowest BCUT2D eigenvalue weighted by Crippen LogP contribution is -2.44. The minimum Gasteiger partial charge on any atom is -0.378 e. The molecular weight excluding hydrogens is 406 g/mol. The lowest BCUT2D eigenvalue weighted by Gasteiger charge is -2.39. The summed E-state index contributed by atoms with van der Waals surface area (Å²) >= 11 is 5.88. The van der Waals surface area contributed by atoms with Gasteiger partial charge in [0.05, 0.1) is 24.0 Å². The number of nitrogens with zero attached hydrogens (tertiary/aromatic N) is 5. The quantitative estimate of drug-likeness (QED) is 0.575. The lowest BCUT2D eigenvalue weighted by atomic mass is 9.93. The van der Waals surface area contributed by atoms with Crippen LogP contribution in [0.3, 0.4) is 0 Å². The molecular formula is C21H24ClN5O3. The Hall–Kier alpha value is -2.71. The maximum absolute atomic E-state index is 12.8. The van der Waals surface area contributed by atoms with Gasteiger partial charge in [0.1, 0.15) is 16.6 Å². The van der Waals surface area contributed by atoms with E-state index in [4.69, 9.17) is 20.9 Å². The van der Waals surface area contributed by atoms with Gasteiger partial charge in [-0.15, -0.1) is 0 Å². The van der Waals surface area contributed by atoms with Gasteiger partial charge < -0.3 is 14.2 Å². The van der Waals surface area contributed by atoms with Gasteiger partial charge in [-0.3, -0.25) is 4.79 Å². The van der Waals surface area contributed by atoms with Gasteiger partial charge in [-0.25, -0.2) is 9.67 Å². The normalized spacial score (nSPS) is 16.1. The summed E-state index contributed by atoms with van der Waals surface area (Å²) in [5, 5.41) is 8.93. The summed E-state index contributed by atoms with van der Waals surface area (Å²) in [5.74, 6) is 0.632. The van der Waals surface area contributed by atoms with Crippen molar-refractivity contribution in [3.63, 3.8) is 0 Å². The van der Waals surface area contributed by atoms with E-state index in [-0.39, 0.29) is 17.7 Å². The van der Waals surface area contributed by atoms with Crippen molar-refractivity contribution < 1.29 is 9.26 Å². The van der Waals surface area contributed by atoms with Crippen LogP contribution >= 0.6 is 11.6 Å². The number of hydrogen-bond donors (Lipinski definition) is 0. The molecule has 0 saturated carbocycles. The van der Waals surface area contributed by atoms with E-state index in [1.807, 2.05) is 13.0 Å². The van der Waals surface area contributed by atoms with E-state index in [1.54, 1.807) is 31.6 Å². The highest BCUT2D eigenvalue weighted by Gasteiger charge is 2.30. The van der Waals surface area contributed by atoms with Crippen LogP contribution in [0.2, 0.25) is 5.15 Å². The number of ether oxygens (including phenoxy) is 1. The molecule has 0 spiro atoms. The van der Waals surface area contributed by atoms with Gasteiger partial charge in [0.25, 0.3) is 5.56 Å². The predicted molar refractivity (Wildman–Crippen MR) is 114 cm³/mol. The Morgan fingerprint density at radius 1 is 1.27 bits per heavy atom. The van der Waals surface area contributed by atoms with Crippen LogP contribution in [-0.2, 0) is 11.3 Å². The molecule has 158 valence electrons. The van der Waals surface area contributed by atoms with Crippen molar-refractivity contribution in [1.82, 2.24) is 19.9 Å². The van der Waals surface area contributed by atoms with E-state index in [9.17, 15) is 4.79 Å². The Bertz CT molecular complexity index is 1080. The van der Waals surface area contributed by atoms with Gasteiger partial charge in [-0.2, -0.15) is 5.10 Å². The minimum atomic E-state index is -0.173. The molecule has 3 aromatic heterocycles. The SMILES string of the molecule is COC1(C)CCN(c2cnn(Cc3c(-c4ccc(Cl)nc4)noc3C)c(=O)c2)CC1. The monoisotopic (exact) mass is 429 g/mol. The highest BCUT2D eigenvalue weighted by molar-refractivity contribution is 6.29. The zero-order valence-corrected chi connectivity index (χ0v) is 18.0. The van der Waals surface area contributed by atoms with Crippen LogP contribution in [0.5, 0.6) is 0 Å². The number of rotatable bonds is 5. The summed E-state index contributed by atoms with van der Waals surface area (Å²) in [4.78, 5) is 19.0. The van der Waals surface area contributed by atoms with Crippen molar-refractivity contribution in [2.24, 2.45) is 0 Å². The molecule has 0 radical (unpaired) electrons. The summed E-state index contributed by atoms with van der Waals surface area (Å²) in [6.07, 6.45) is 5.19. The van der Waals surface area contributed by atoms with E-state index in [1.165, 1.54) is 4.68 Å². The average Bonchev–Trinajstić information content (AvgIpc) is 3.11. The maximum Gasteiger partial charge on any atom is 0.269 e. The maximum atomic E-state index is 12.8. The van der Waals surface area contributed by atoms with E-state index in [0.29, 0.717) is 16.6 Å². The Balaban J connectivity index is 1.55. The number of piperidine rings is 1. The summed E-state index contributed by atoms with van der Waals surface area (Å²) in [7, 11) is 1.75. The van der Waals surface area contributed by atoms with Crippen LogP contribution in [-0.4, -0.2) is 45.7 Å². The Kier molecular flexibility index (Phi) is 5.62. The molecule has 4 rings (SSSR count). The number of aryl methyl sites for hydroxylation is 1. The van der Waals surface area contributed by atoms with E-state index in [2.05, 4.69) is 27.1 Å². The molecule has 3 aromatic rings. The van der Waals surface area contributed by atoms with Crippen LogP contribution in [0, 0.1) is 6.92 Å². The van der Waals surface area contributed by atoms with Crippen molar-refractivity contribution in [3.8, 4) is 11.3 Å². The van der Waals surface area contributed by atoms with Crippen molar-refractivity contribution >= 4 is 17.3 Å². The first-order chi connectivity index (χ1) is 14.4. The highest BCUT2D eigenvalue weighted by Crippen LogP contribution is 2.28. The summed E-state index contributed by atoms with van der Waals surface area (Å²) in [6, 6.07) is 5.14. The molecule has 0 aromatic carbocycles. The van der Waals surface area contributed by atoms with Crippen LogP contribution in [0.1, 0.15) is 31.1 Å². The third-order valence-corrected chi connectivity index (χ3v) is 6.05. The third-order valence-electron chi connectivity index (χ3n) is 5.83. The largest absolute Gasteiger partial charge is 0.378 e. The molecule has 1 saturated heterocycles. The van der Waals surface area contributed by atoms with Crippen LogP contribution in [0.4, 0.5) is 5.69 Å². The summed E-state index contributed by atoms with van der Waals surface area (Å²) in [6.45, 7) is 5.85. The van der Waals surface area contributed by atoms with Gasteiger partial charge in [0.15, 0.2) is 0 Å². The fourth-order valence-corrected chi connectivity index (χ4v) is 3.74. The van der Waals surface area contributed by atoms with Crippen molar-refractivity contribution in [2.45, 2.75) is 38.8 Å². The number of pyridine rings is 1. The third kappa shape index (κ3) is 4.11.